The van der Waals surface area contributed by atoms with E-state index in [-0.39, 0.29) is 23.9 Å². The van der Waals surface area contributed by atoms with Gasteiger partial charge in [0.15, 0.2) is 0 Å². The number of hydrogen-bond donors (Lipinski definition) is 1. The zero-order valence-corrected chi connectivity index (χ0v) is 17.7. The Morgan fingerprint density at radius 3 is 2.53 bits per heavy atom. The summed E-state index contributed by atoms with van der Waals surface area (Å²) in [5.74, 6) is -0.160. The van der Waals surface area contributed by atoms with Gasteiger partial charge in [0.05, 0.1) is 18.0 Å². The predicted octanol–water partition coefficient (Wildman–Crippen LogP) is 1.85. The van der Waals surface area contributed by atoms with E-state index < -0.39 is 15.8 Å². The van der Waals surface area contributed by atoms with Gasteiger partial charge in [0.25, 0.3) is 0 Å². The van der Waals surface area contributed by atoms with Gasteiger partial charge in [-0.05, 0) is 48.9 Å². The molecular formula is C21H26FN3O4S. The number of hydrogen-bond acceptors (Lipinski definition) is 5. The average Bonchev–Trinajstić information content (AvgIpc) is 2.74. The molecule has 0 aliphatic carbocycles. The van der Waals surface area contributed by atoms with Crippen molar-refractivity contribution in [2.24, 2.45) is 0 Å². The summed E-state index contributed by atoms with van der Waals surface area (Å²) in [5, 5.41) is 3.17. The van der Waals surface area contributed by atoms with Crippen LogP contribution >= 0.6 is 0 Å². The predicted molar refractivity (Wildman–Crippen MR) is 111 cm³/mol. The molecule has 1 saturated heterocycles. The van der Waals surface area contributed by atoms with E-state index in [0.717, 1.165) is 16.4 Å². The van der Waals surface area contributed by atoms with E-state index in [2.05, 4.69) is 5.32 Å². The lowest BCUT2D eigenvalue weighted by Gasteiger charge is -2.30. The van der Waals surface area contributed by atoms with Crippen molar-refractivity contribution < 1.29 is 22.3 Å². The van der Waals surface area contributed by atoms with Gasteiger partial charge in [0.2, 0.25) is 15.9 Å². The van der Waals surface area contributed by atoms with Crippen LogP contribution in [0.3, 0.4) is 0 Å². The lowest BCUT2D eigenvalue weighted by Crippen LogP contribution is -2.50. The molecular weight excluding hydrogens is 409 g/mol. The van der Waals surface area contributed by atoms with E-state index in [1.54, 1.807) is 29.2 Å². The van der Waals surface area contributed by atoms with E-state index >= 15 is 0 Å². The number of nitrogens with zero attached hydrogens (tertiary/aromatic N) is 2. The molecule has 9 heteroatoms. The Hall–Kier alpha value is -2.49. The van der Waals surface area contributed by atoms with E-state index in [9.17, 15) is 17.6 Å². The van der Waals surface area contributed by atoms with Crippen LogP contribution in [0.25, 0.3) is 0 Å². The molecule has 1 heterocycles. The van der Waals surface area contributed by atoms with Gasteiger partial charge in [0, 0.05) is 32.7 Å². The second kappa shape index (κ2) is 10.0. The molecule has 1 amide bonds. The van der Waals surface area contributed by atoms with Crippen LogP contribution in [0.15, 0.2) is 53.4 Å². The van der Waals surface area contributed by atoms with Crippen molar-refractivity contribution in [1.29, 1.82) is 0 Å². The largest absolute Gasteiger partial charge is 0.494 e. The van der Waals surface area contributed by atoms with Crippen molar-refractivity contribution in [2.45, 2.75) is 18.4 Å². The molecule has 2 aromatic rings. The van der Waals surface area contributed by atoms with E-state index in [1.807, 2.05) is 6.92 Å². The number of carbonyl (C=O) groups excluding carboxylic acids is 1. The van der Waals surface area contributed by atoms with Gasteiger partial charge in [-0.3, -0.25) is 4.79 Å². The molecule has 2 aromatic carbocycles. The Kier molecular flexibility index (Phi) is 7.41. The standard InChI is InChI=1S/C21H26FN3O4S/c1-2-29-19-5-3-4-17(14-19)15-25(16-21(26)24-12-10-23-11-13-24)30(27,28)20-8-6-18(22)7-9-20/h3-9,14,23H,2,10-13,15-16H2,1H3. The van der Waals surface area contributed by atoms with E-state index in [4.69, 9.17) is 4.74 Å². The molecule has 3 rings (SSSR count). The summed E-state index contributed by atoms with van der Waals surface area (Å²) < 4.78 is 46.5. The number of benzene rings is 2. The maximum Gasteiger partial charge on any atom is 0.243 e. The normalized spacial score (nSPS) is 14.7. The smallest absolute Gasteiger partial charge is 0.243 e. The van der Waals surface area contributed by atoms with Gasteiger partial charge >= 0.3 is 0 Å². The highest BCUT2D eigenvalue weighted by atomic mass is 32.2. The molecule has 0 radical (unpaired) electrons. The fourth-order valence-electron chi connectivity index (χ4n) is 3.25. The van der Waals surface area contributed by atoms with Gasteiger partial charge in [0.1, 0.15) is 11.6 Å². The monoisotopic (exact) mass is 435 g/mol. The molecule has 0 atom stereocenters. The number of nitrogens with one attached hydrogen (secondary N) is 1. The first-order chi connectivity index (χ1) is 14.4. The highest BCUT2D eigenvalue weighted by molar-refractivity contribution is 7.89. The van der Waals surface area contributed by atoms with Crippen LogP contribution in [0.2, 0.25) is 0 Å². The quantitative estimate of drug-likeness (QED) is 0.685. The number of rotatable bonds is 8. The third-order valence-corrected chi connectivity index (χ3v) is 6.61. The number of piperazine rings is 1. The molecule has 0 saturated carbocycles. The van der Waals surface area contributed by atoms with Crippen molar-refractivity contribution in [3.63, 3.8) is 0 Å². The van der Waals surface area contributed by atoms with Crippen LogP contribution < -0.4 is 10.1 Å². The molecule has 0 aromatic heterocycles. The van der Waals surface area contributed by atoms with Gasteiger partial charge in [-0.1, -0.05) is 12.1 Å². The third kappa shape index (κ3) is 5.56. The van der Waals surface area contributed by atoms with Crippen LogP contribution in [0.1, 0.15) is 12.5 Å². The summed E-state index contributed by atoms with van der Waals surface area (Å²) in [6.07, 6.45) is 0. The van der Waals surface area contributed by atoms with Crippen molar-refractivity contribution in [3.8, 4) is 5.75 Å². The molecule has 1 aliphatic heterocycles. The highest BCUT2D eigenvalue weighted by Gasteiger charge is 2.29. The van der Waals surface area contributed by atoms with Crippen LogP contribution in [0, 0.1) is 5.82 Å². The first kappa shape index (κ1) is 22.2. The van der Waals surface area contributed by atoms with Crippen LogP contribution in [0.5, 0.6) is 5.75 Å². The molecule has 0 spiro atoms. The van der Waals surface area contributed by atoms with Crippen molar-refractivity contribution >= 4 is 15.9 Å². The minimum atomic E-state index is -4.01. The zero-order chi connectivity index (χ0) is 21.6. The summed E-state index contributed by atoms with van der Waals surface area (Å²) in [5.41, 5.74) is 0.694. The fourth-order valence-corrected chi connectivity index (χ4v) is 4.63. The molecule has 1 aliphatic rings. The molecule has 0 unspecified atom stereocenters. The fraction of sp³-hybridized carbons (Fsp3) is 0.381. The molecule has 1 N–H and O–H groups in total. The summed E-state index contributed by atoms with van der Waals surface area (Å²) in [7, 11) is -4.01. The maximum atomic E-state index is 13.3. The van der Waals surface area contributed by atoms with Crippen LogP contribution in [-0.4, -0.2) is 62.9 Å². The lowest BCUT2D eigenvalue weighted by atomic mass is 10.2. The lowest BCUT2D eigenvalue weighted by molar-refractivity contribution is -0.132. The summed E-state index contributed by atoms with van der Waals surface area (Å²) in [6, 6.07) is 11.7. The van der Waals surface area contributed by atoms with Crippen LogP contribution in [-0.2, 0) is 21.4 Å². The minimum Gasteiger partial charge on any atom is -0.494 e. The topological polar surface area (TPSA) is 79.0 Å². The summed E-state index contributed by atoms with van der Waals surface area (Å²) in [4.78, 5) is 14.4. The summed E-state index contributed by atoms with van der Waals surface area (Å²) in [6.45, 7) is 4.47. The zero-order valence-electron chi connectivity index (χ0n) is 16.9. The van der Waals surface area contributed by atoms with Gasteiger partial charge in [-0.25, -0.2) is 12.8 Å². The Labute approximate surface area is 176 Å². The van der Waals surface area contributed by atoms with Crippen molar-refractivity contribution in [3.05, 3.63) is 59.9 Å². The first-order valence-corrected chi connectivity index (χ1v) is 11.3. The van der Waals surface area contributed by atoms with Crippen LogP contribution in [0.4, 0.5) is 4.39 Å². The first-order valence-electron chi connectivity index (χ1n) is 9.86. The average molecular weight is 436 g/mol. The van der Waals surface area contributed by atoms with Crippen molar-refractivity contribution in [2.75, 3.05) is 39.3 Å². The second-order valence-corrected chi connectivity index (χ2v) is 8.88. The Bertz CT molecular complexity index is 960. The van der Waals surface area contributed by atoms with Crippen molar-refractivity contribution in [1.82, 2.24) is 14.5 Å². The minimum absolute atomic E-state index is 0.00153. The Morgan fingerprint density at radius 2 is 1.87 bits per heavy atom. The third-order valence-electron chi connectivity index (χ3n) is 4.80. The number of carbonyl (C=O) groups is 1. The summed E-state index contributed by atoms with van der Waals surface area (Å²) >= 11 is 0. The van der Waals surface area contributed by atoms with E-state index in [1.165, 1.54) is 12.1 Å². The Morgan fingerprint density at radius 1 is 1.17 bits per heavy atom. The number of ether oxygens (including phenoxy) is 1. The number of sulfonamides is 1. The molecule has 7 nitrogen and oxygen atoms in total. The maximum absolute atomic E-state index is 13.3. The highest BCUT2D eigenvalue weighted by Crippen LogP contribution is 2.21. The molecule has 1 fully saturated rings. The second-order valence-electron chi connectivity index (χ2n) is 6.94. The number of halogens is 1. The van der Waals surface area contributed by atoms with E-state index in [0.29, 0.717) is 44.1 Å². The SMILES string of the molecule is CCOc1cccc(CN(CC(=O)N2CCNCC2)S(=O)(=O)c2ccc(F)cc2)c1. The molecule has 0 bridgehead atoms. The number of amides is 1. The Balaban J connectivity index is 1.88. The molecule has 30 heavy (non-hydrogen) atoms. The molecule has 162 valence electrons. The van der Waals surface area contributed by atoms with Gasteiger partial charge in [-0.2, -0.15) is 4.31 Å². The van der Waals surface area contributed by atoms with Gasteiger partial charge in [-0.15, -0.1) is 0 Å². The van der Waals surface area contributed by atoms with Gasteiger partial charge < -0.3 is 15.0 Å².